The summed E-state index contributed by atoms with van der Waals surface area (Å²) >= 11 is 5.84. The number of benzene rings is 2. The van der Waals surface area contributed by atoms with Gasteiger partial charge in [0, 0.05) is 34.7 Å². The maximum absolute atomic E-state index is 13.6. The maximum atomic E-state index is 13.6. The van der Waals surface area contributed by atoms with E-state index in [0.29, 0.717) is 42.0 Å². The monoisotopic (exact) mass is 388 g/mol. The molecule has 0 unspecified atom stereocenters. The van der Waals surface area contributed by atoms with E-state index in [1.165, 1.54) is 6.07 Å². The Kier molecular flexibility index (Phi) is 6.45. The lowest BCUT2D eigenvalue weighted by atomic mass is 9.81. The number of amides is 2. The summed E-state index contributed by atoms with van der Waals surface area (Å²) < 4.78 is 13.6. The first-order valence-electron chi connectivity index (χ1n) is 9.10. The zero-order valence-corrected chi connectivity index (χ0v) is 15.6. The quantitative estimate of drug-likeness (QED) is 0.790. The van der Waals surface area contributed by atoms with Crippen molar-refractivity contribution in [1.82, 2.24) is 5.32 Å². The second-order valence-corrected chi connectivity index (χ2v) is 7.29. The molecule has 1 aliphatic carbocycles. The predicted octanol–water partition coefficient (Wildman–Crippen LogP) is 4.54. The minimum atomic E-state index is -0.319. The van der Waals surface area contributed by atoms with Gasteiger partial charge in [0.1, 0.15) is 5.82 Å². The van der Waals surface area contributed by atoms with Crippen LogP contribution >= 0.6 is 11.6 Å². The van der Waals surface area contributed by atoms with Gasteiger partial charge in [-0.3, -0.25) is 9.59 Å². The SMILES string of the molecule is O=C(NCc1ccccc1F)C1CCC(C(=O)Nc2ccc(Cl)cc2)CC1. The Morgan fingerprint density at radius 1 is 0.926 bits per heavy atom. The van der Waals surface area contributed by atoms with Crippen molar-refractivity contribution in [1.29, 1.82) is 0 Å². The highest BCUT2D eigenvalue weighted by atomic mass is 35.5. The van der Waals surface area contributed by atoms with E-state index in [1.807, 2.05) is 0 Å². The van der Waals surface area contributed by atoms with Crippen molar-refractivity contribution in [2.75, 3.05) is 5.32 Å². The van der Waals surface area contributed by atoms with Crippen molar-refractivity contribution >= 4 is 29.1 Å². The lowest BCUT2D eigenvalue weighted by molar-refractivity contribution is -0.128. The standard InChI is InChI=1S/C21H22ClFN2O2/c22-17-9-11-18(12-10-17)25-21(27)15-7-5-14(6-8-15)20(26)24-13-16-3-1-2-4-19(16)23/h1-4,9-12,14-15H,5-8,13H2,(H,24,26)(H,25,27). The Labute approximate surface area is 163 Å². The second kappa shape index (κ2) is 9.00. The lowest BCUT2D eigenvalue weighted by Gasteiger charge is -2.27. The third kappa shape index (κ3) is 5.30. The van der Waals surface area contributed by atoms with Crippen molar-refractivity contribution in [2.45, 2.75) is 32.2 Å². The molecule has 1 saturated carbocycles. The fourth-order valence-electron chi connectivity index (χ4n) is 3.36. The van der Waals surface area contributed by atoms with E-state index in [2.05, 4.69) is 10.6 Å². The van der Waals surface area contributed by atoms with Crippen molar-refractivity contribution < 1.29 is 14.0 Å². The van der Waals surface area contributed by atoms with Crippen LogP contribution in [0.15, 0.2) is 48.5 Å². The molecular formula is C21H22ClFN2O2. The molecule has 2 aromatic carbocycles. The molecular weight excluding hydrogens is 367 g/mol. The number of nitrogens with one attached hydrogen (secondary N) is 2. The molecule has 0 atom stereocenters. The van der Waals surface area contributed by atoms with Gasteiger partial charge in [-0.25, -0.2) is 4.39 Å². The van der Waals surface area contributed by atoms with Gasteiger partial charge in [0.05, 0.1) is 0 Å². The van der Waals surface area contributed by atoms with Gasteiger partial charge in [0.25, 0.3) is 0 Å². The first-order valence-corrected chi connectivity index (χ1v) is 9.48. The summed E-state index contributed by atoms with van der Waals surface area (Å²) in [7, 11) is 0. The average molecular weight is 389 g/mol. The van der Waals surface area contributed by atoms with E-state index in [-0.39, 0.29) is 36.0 Å². The van der Waals surface area contributed by atoms with Gasteiger partial charge in [-0.05, 0) is 56.0 Å². The second-order valence-electron chi connectivity index (χ2n) is 6.85. The number of carbonyl (C=O) groups excluding carboxylic acids is 2. The van der Waals surface area contributed by atoms with E-state index in [1.54, 1.807) is 42.5 Å². The first kappa shape index (κ1) is 19.4. The van der Waals surface area contributed by atoms with E-state index in [9.17, 15) is 14.0 Å². The molecule has 0 spiro atoms. The molecule has 4 nitrogen and oxygen atoms in total. The topological polar surface area (TPSA) is 58.2 Å². The highest BCUT2D eigenvalue weighted by Gasteiger charge is 2.29. The summed E-state index contributed by atoms with van der Waals surface area (Å²) in [4.78, 5) is 24.7. The maximum Gasteiger partial charge on any atom is 0.227 e. The van der Waals surface area contributed by atoms with Gasteiger partial charge in [-0.1, -0.05) is 29.8 Å². The summed E-state index contributed by atoms with van der Waals surface area (Å²) in [6.45, 7) is 0.183. The van der Waals surface area contributed by atoms with Crippen LogP contribution < -0.4 is 10.6 Å². The van der Waals surface area contributed by atoms with Crippen LogP contribution in [0.2, 0.25) is 5.02 Å². The Hall–Kier alpha value is -2.40. The molecule has 27 heavy (non-hydrogen) atoms. The molecule has 0 aromatic heterocycles. The predicted molar refractivity (Wildman–Crippen MR) is 104 cm³/mol. The lowest BCUT2D eigenvalue weighted by Crippen LogP contribution is -2.35. The Bertz CT molecular complexity index is 802. The van der Waals surface area contributed by atoms with Crippen molar-refractivity contribution in [3.8, 4) is 0 Å². The van der Waals surface area contributed by atoms with Crippen LogP contribution in [-0.4, -0.2) is 11.8 Å². The summed E-state index contributed by atoms with van der Waals surface area (Å²) in [6.07, 6.45) is 2.64. The van der Waals surface area contributed by atoms with Crippen LogP contribution in [0.25, 0.3) is 0 Å². The van der Waals surface area contributed by atoms with Crippen LogP contribution in [0.1, 0.15) is 31.2 Å². The molecule has 1 aliphatic rings. The normalized spacial score (nSPS) is 19.3. The van der Waals surface area contributed by atoms with Crippen LogP contribution in [0, 0.1) is 17.7 Å². The number of halogens is 2. The van der Waals surface area contributed by atoms with Crippen molar-refractivity contribution in [3.05, 3.63) is 64.9 Å². The molecule has 0 aliphatic heterocycles. The van der Waals surface area contributed by atoms with E-state index in [0.717, 1.165) is 0 Å². The molecule has 6 heteroatoms. The molecule has 142 valence electrons. The fraction of sp³-hybridized carbons (Fsp3) is 0.333. The van der Waals surface area contributed by atoms with Gasteiger partial charge in [-0.15, -0.1) is 0 Å². The summed E-state index contributed by atoms with van der Waals surface area (Å²) in [5, 5.41) is 6.32. The number of rotatable bonds is 5. The van der Waals surface area contributed by atoms with Crippen molar-refractivity contribution in [3.63, 3.8) is 0 Å². The van der Waals surface area contributed by atoms with Gasteiger partial charge in [0.15, 0.2) is 0 Å². The number of hydrogen-bond acceptors (Lipinski definition) is 2. The molecule has 0 bridgehead atoms. The minimum Gasteiger partial charge on any atom is -0.352 e. The molecule has 2 amide bonds. The highest BCUT2D eigenvalue weighted by Crippen LogP contribution is 2.30. The summed E-state index contributed by atoms with van der Waals surface area (Å²) in [6, 6.07) is 13.4. The summed E-state index contributed by atoms with van der Waals surface area (Å²) in [5.41, 5.74) is 1.19. The van der Waals surface area contributed by atoms with E-state index in [4.69, 9.17) is 11.6 Å². The molecule has 3 rings (SSSR count). The van der Waals surface area contributed by atoms with Crippen LogP contribution in [0.3, 0.4) is 0 Å². The third-order valence-corrected chi connectivity index (χ3v) is 5.24. The minimum absolute atomic E-state index is 0.0254. The largest absolute Gasteiger partial charge is 0.352 e. The smallest absolute Gasteiger partial charge is 0.227 e. The molecule has 0 saturated heterocycles. The molecule has 1 fully saturated rings. The third-order valence-electron chi connectivity index (χ3n) is 4.99. The van der Waals surface area contributed by atoms with E-state index < -0.39 is 0 Å². The number of hydrogen-bond donors (Lipinski definition) is 2. The van der Waals surface area contributed by atoms with Gasteiger partial charge in [-0.2, -0.15) is 0 Å². The Morgan fingerprint density at radius 2 is 1.52 bits per heavy atom. The van der Waals surface area contributed by atoms with Crippen LogP contribution in [0.5, 0.6) is 0 Å². The molecule has 2 aromatic rings. The average Bonchev–Trinajstić information content (AvgIpc) is 2.69. The molecule has 2 N–H and O–H groups in total. The van der Waals surface area contributed by atoms with Gasteiger partial charge in [0.2, 0.25) is 11.8 Å². The van der Waals surface area contributed by atoms with Crippen molar-refractivity contribution in [2.24, 2.45) is 11.8 Å². The summed E-state index contributed by atoms with van der Waals surface area (Å²) in [5.74, 6) is -0.648. The van der Waals surface area contributed by atoms with Crippen LogP contribution in [0.4, 0.5) is 10.1 Å². The number of carbonyl (C=O) groups is 2. The first-order chi connectivity index (χ1) is 13.0. The molecule has 0 radical (unpaired) electrons. The van der Waals surface area contributed by atoms with Gasteiger partial charge >= 0.3 is 0 Å². The Balaban J connectivity index is 1.45. The van der Waals surface area contributed by atoms with Crippen LogP contribution in [-0.2, 0) is 16.1 Å². The van der Waals surface area contributed by atoms with Gasteiger partial charge < -0.3 is 10.6 Å². The number of anilines is 1. The Morgan fingerprint density at radius 3 is 2.15 bits per heavy atom. The zero-order valence-electron chi connectivity index (χ0n) is 14.9. The molecule has 0 heterocycles. The fourth-order valence-corrected chi connectivity index (χ4v) is 3.49. The van der Waals surface area contributed by atoms with E-state index >= 15 is 0 Å². The highest BCUT2D eigenvalue weighted by molar-refractivity contribution is 6.30. The zero-order chi connectivity index (χ0) is 19.2.